The van der Waals surface area contributed by atoms with Gasteiger partial charge in [-0.2, -0.15) is 0 Å². The van der Waals surface area contributed by atoms with Crippen molar-refractivity contribution in [3.63, 3.8) is 0 Å². The molecule has 0 bridgehead atoms. The Balaban J connectivity index is 2.87. The van der Waals surface area contributed by atoms with Crippen LogP contribution in [0.25, 0.3) is 10.8 Å². The fourth-order valence-corrected chi connectivity index (χ4v) is 2.10. The van der Waals surface area contributed by atoms with Gasteiger partial charge in [-0.15, -0.1) is 0 Å². The van der Waals surface area contributed by atoms with Crippen molar-refractivity contribution in [2.75, 3.05) is 7.11 Å². The van der Waals surface area contributed by atoms with Crippen LogP contribution in [0.5, 0.6) is 5.88 Å². The first-order valence-electron chi connectivity index (χ1n) is 4.33. The number of aromatic nitrogens is 1. The maximum absolute atomic E-state index is 5.18. The number of methoxy groups -OCH3 is 1. The molecule has 0 unspecified atom stereocenters. The van der Waals surface area contributed by atoms with E-state index in [0.717, 1.165) is 20.9 Å². The quantitative estimate of drug-likeness (QED) is 0.776. The van der Waals surface area contributed by atoms with Crippen molar-refractivity contribution >= 4 is 26.7 Å². The average Bonchev–Trinajstić information content (AvgIpc) is 2.23. The maximum Gasteiger partial charge on any atom is 0.228 e. The van der Waals surface area contributed by atoms with Gasteiger partial charge in [-0.05, 0) is 22.9 Å². The normalized spacial score (nSPS) is 10.5. The fourth-order valence-electron chi connectivity index (χ4n) is 1.50. The molecule has 0 saturated heterocycles. The SMILES string of the molecule is COc1nc(C)c2ccccc2c1Br. The smallest absolute Gasteiger partial charge is 0.228 e. The van der Waals surface area contributed by atoms with Crippen molar-refractivity contribution in [2.24, 2.45) is 0 Å². The number of benzene rings is 1. The summed E-state index contributed by atoms with van der Waals surface area (Å²) >= 11 is 3.49. The molecular weight excluding hydrogens is 242 g/mol. The van der Waals surface area contributed by atoms with Crippen LogP contribution < -0.4 is 4.74 Å². The highest BCUT2D eigenvalue weighted by Gasteiger charge is 2.08. The van der Waals surface area contributed by atoms with E-state index in [1.54, 1.807) is 7.11 Å². The average molecular weight is 252 g/mol. The zero-order valence-electron chi connectivity index (χ0n) is 8.04. The highest BCUT2D eigenvalue weighted by Crippen LogP contribution is 2.32. The Kier molecular flexibility index (Phi) is 2.42. The number of hydrogen-bond acceptors (Lipinski definition) is 2. The molecule has 0 amide bonds. The first-order chi connectivity index (χ1) is 6.74. The van der Waals surface area contributed by atoms with E-state index >= 15 is 0 Å². The standard InChI is InChI=1S/C11H10BrNO/c1-7-8-5-3-4-6-9(8)10(12)11(13-7)14-2/h3-6H,1-2H3. The molecule has 1 aromatic carbocycles. The highest BCUT2D eigenvalue weighted by atomic mass is 79.9. The third-order valence-corrected chi connectivity index (χ3v) is 2.97. The van der Waals surface area contributed by atoms with Crippen LogP contribution in [0.2, 0.25) is 0 Å². The van der Waals surface area contributed by atoms with Crippen LogP contribution in [0.1, 0.15) is 5.69 Å². The Labute approximate surface area is 91.0 Å². The van der Waals surface area contributed by atoms with E-state index < -0.39 is 0 Å². The van der Waals surface area contributed by atoms with Gasteiger partial charge in [0.05, 0.1) is 11.6 Å². The van der Waals surface area contributed by atoms with Gasteiger partial charge in [0.1, 0.15) is 0 Å². The van der Waals surface area contributed by atoms with E-state index in [1.807, 2.05) is 19.1 Å². The topological polar surface area (TPSA) is 22.1 Å². The Morgan fingerprint density at radius 2 is 1.86 bits per heavy atom. The number of nitrogens with zero attached hydrogens (tertiary/aromatic N) is 1. The molecule has 0 aliphatic carbocycles. The minimum atomic E-state index is 0.640. The van der Waals surface area contributed by atoms with E-state index in [0.29, 0.717) is 5.88 Å². The van der Waals surface area contributed by atoms with Crippen molar-refractivity contribution in [1.82, 2.24) is 4.98 Å². The van der Waals surface area contributed by atoms with Gasteiger partial charge in [0, 0.05) is 16.5 Å². The molecule has 0 spiro atoms. The number of pyridine rings is 1. The second-order valence-corrected chi connectivity index (χ2v) is 3.86. The van der Waals surface area contributed by atoms with Crippen LogP contribution in [0.4, 0.5) is 0 Å². The van der Waals surface area contributed by atoms with Crippen molar-refractivity contribution in [3.8, 4) is 5.88 Å². The van der Waals surface area contributed by atoms with Gasteiger partial charge in [-0.3, -0.25) is 0 Å². The van der Waals surface area contributed by atoms with Gasteiger partial charge >= 0.3 is 0 Å². The molecule has 0 aliphatic rings. The number of rotatable bonds is 1. The predicted octanol–water partition coefficient (Wildman–Crippen LogP) is 3.31. The van der Waals surface area contributed by atoms with Gasteiger partial charge in [-0.25, -0.2) is 4.98 Å². The second-order valence-electron chi connectivity index (χ2n) is 3.07. The first kappa shape index (κ1) is 9.46. The van der Waals surface area contributed by atoms with Gasteiger partial charge in [0.25, 0.3) is 0 Å². The monoisotopic (exact) mass is 251 g/mol. The fraction of sp³-hybridized carbons (Fsp3) is 0.182. The van der Waals surface area contributed by atoms with Crippen LogP contribution in [-0.4, -0.2) is 12.1 Å². The molecule has 0 atom stereocenters. The Morgan fingerprint density at radius 1 is 1.21 bits per heavy atom. The third kappa shape index (κ3) is 1.38. The molecule has 2 nitrogen and oxygen atoms in total. The summed E-state index contributed by atoms with van der Waals surface area (Å²) in [6, 6.07) is 8.13. The van der Waals surface area contributed by atoms with E-state index in [-0.39, 0.29) is 0 Å². The molecule has 0 aliphatic heterocycles. The largest absolute Gasteiger partial charge is 0.480 e. The maximum atomic E-state index is 5.18. The van der Waals surface area contributed by atoms with Crippen LogP contribution in [-0.2, 0) is 0 Å². The summed E-state index contributed by atoms with van der Waals surface area (Å²) in [7, 11) is 1.63. The molecule has 0 saturated carbocycles. The van der Waals surface area contributed by atoms with E-state index in [4.69, 9.17) is 4.74 Å². The van der Waals surface area contributed by atoms with Crippen molar-refractivity contribution in [2.45, 2.75) is 6.92 Å². The summed E-state index contributed by atoms with van der Waals surface area (Å²) in [5.74, 6) is 0.640. The molecule has 2 rings (SSSR count). The van der Waals surface area contributed by atoms with Crippen molar-refractivity contribution in [1.29, 1.82) is 0 Å². The molecule has 3 heteroatoms. The highest BCUT2D eigenvalue weighted by molar-refractivity contribution is 9.10. The second kappa shape index (κ2) is 3.58. The zero-order valence-corrected chi connectivity index (χ0v) is 9.63. The van der Waals surface area contributed by atoms with Gasteiger partial charge in [-0.1, -0.05) is 24.3 Å². The predicted molar refractivity (Wildman–Crippen MR) is 60.7 cm³/mol. The molecule has 1 heterocycles. The number of hydrogen-bond donors (Lipinski definition) is 0. The molecule has 2 aromatic rings. The molecule has 14 heavy (non-hydrogen) atoms. The minimum absolute atomic E-state index is 0.640. The first-order valence-corrected chi connectivity index (χ1v) is 5.12. The Hall–Kier alpha value is -1.09. The summed E-state index contributed by atoms with van der Waals surface area (Å²) < 4.78 is 6.09. The summed E-state index contributed by atoms with van der Waals surface area (Å²) in [5, 5.41) is 2.29. The summed E-state index contributed by atoms with van der Waals surface area (Å²) in [6.45, 7) is 1.98. The van der Waals surface area contributed by atoms with E-state index in [1.165, 1.54) is 0 Å². The molecule has 0 radical (unpaired) electrons. The Bertz CT molecular complexity index is 482. The number of halogens is 1. The summed E-state index contributed by atoms with van der Waals surface area (Å²) in [5.41, 5.74) is 0.987. The molecule has 0 N–H and O–H groups in total. The molecule has 1 aromatic heterocycles. The van der Waals surface area contributed by atoms with Gasteiger partial charge in [0.15, 0.2) is 0 Å². The molecular formula is C11H10BrNO. The van der Waals surface area contributed by atoms with E-state index in [2.05, 4.69) is 33.0 Å². The third-order valence-electron chi connectivity index (χ3n) is 2.20. The summed E-state index contributed by atoms with van der Waals surface area (Å²) in [6.07, 6.45) is 0. The lowest BCUT2D eigenvalue weighted by Crippen LogP contribution is -1.93. The van der Waals surface area contributed by atoms with Gasteiger partial charge < -0.3 is 4.74 Å². The molecule has 0 fully saturated rings. The summed E-state index contributed by atoms with van der Waals surface area (Å²) in [4.78, 5) is 4.35. The minimum Gasteiger partial charge on any atom is -0.480 e. The lowest BCUT2D eigenvalue weighted by molar-refractivity contribution is 0.395. The van der Waals surface area contributed by atoms with Crippen molar-refractivity contribution < 1.29 is 4.74 Å². The number of aryl methyl sites for hydroxylation is 1. The number of ether oxygens (including phenoxy) is 1. The van der Waals surface area contributed by atoms with Crippen LogP contribution >= 0.6 is 15.9 Å². The zero-order chi connectivity index (χ0) is 10.1. The van der Waals surface area contributed by atoms with Crippen LogP contribution in [0, 0.1) is 6.92 Å². The molecule has 72 valence electrons. The van der Waals surface area contributed by atoms with Crippen molar-refractivity contribution in [3.05, 3.63) is 34.4 Å². The lowest BCUT2D eigenvalue weighted by atomic mass is 10.1. The van der Waals surface area contributed by atoms with Crippen LogP contribution in [0.3, 0.4) is 0 Å². The van der Waals surface area contributed by atoms with Gasteiger partial charge in [0.2, 0.25) is 5.88 Å². The van der Waals surface area contributed by atoms with Crippen LogP contribution in [0.15, 0.2) is 28.7 Å². The number of fused-ring (bicyclic) bond motifs is 1. The Morgan fingerprint density at radius 3 is 2.50 bits per heavy atom. The lowest BCUT2D eigenvalue weighted by Gasteiger charge is -2.08. The van der Waals surface area contributed by atoms with E-state index in [9.17, 15) is 0 Å².